The summed E-state index contributed by atoms with van der Waals surface area (Å²) in [5.41, 5.74) is 4.59. The molecule has 148 valence electrons. The van der Waals surface area contributed by atoms with E-state index >= 15 is 0 Å². The second-order valence-corrected chi connectivity index (χ2v) is 7.87. The molecule has 0 saturated carbocycles. The largest absolute Gasteiger partial charge is 0.374 e. The number of amides is 1. The van der Waals surface area contributed by atoms with E-state index in [1.54, 1.807) is 4.90 Å². The molecule has 1 fully saturated rings. The standard InChI is InChI=1S/C23H30N4O/c1-3-25-14-16-26(17-15-25)21-10-8-20(9-11-21)24-18(2)23(28)27-13-12-19-6-4-5-7-22(19)27/h4-11,18,24H,3,12-17H2,1-2H3/p+1/t18-/m1/s1. The zero-order valence-electron chi connectivity index (χ0n) is 16.9. The normalized spacial score (nSPS) is 18.1. The SMILES string of the molecule is CC[NH+]1CCN(c2ccc(N[C@H](C)C(=O)N3CCc4ccccc43)cc2)CC1. The third-order valence-corrected chi connectivity index (χ3v) is 6.11. The van der Waals surface area contributed by atoms with Crippen molar-refractivity contribution in [1.82, 2.24) is 0 Å². The van der Waals surface area contributed by atoms with Crippen LogP contribution in [0.15, 0.2) is 48.5 Å². The van der Waals surface area contributed by atoms with Crippen LogP contribution in [0.3, 0.4) is 0 Å². The molecule has 2 heterocycles. The second kappa shape index (κ2) is 8.23. The van der Waals surface area contributed by atoms with Gasteiger partial charge in [0, 0.05) is 23.6 Å². The number of fused-ring (bicyclic) bond motifs is 1. The number of hydrogen-bond acceptors (Lipinski definition) is 3. The minimum atomic E-state index is -0.256. The van der Waals surface area contributed by atoms with Crippen molar-refractivity contribution >= 4 is 23.0 Å². The molecule has 2 aliphatic heterocycles. The van der Waals surface area contributed by atoms with Crippen LogP contribution in [0.25, 0.3) is 0 Å². The van der Waals surface area contributed by atoms with Gasteiger partial charge < -0.3 is 20.0 Å². The fraction of sp³-hybridized carbons (Fsp3) is 0.435. The van der Waals surface area contributed by atoms with Gasteiger partial charge in [0.1, 0.15) is 6.04 Å². The second-order valence-electron chi connectivity index (χ2n) is 7.87. The zero-order chi connectivity index (χ0) is 19.5. The average molecular weight is 380 g/mol. The van der Waals surface area contributed by atoms with Crippen LogP contribution >= 0.6 is 0 Å². The topological polar surface area (TPSA) is 40.0 Å². The number of carbonyl (C=O) groups excluding carboxylic acids is 1. The number of benzene rings is 2. The lowest BCUT2D eigenvalue weighted by Gasteiger charge is -2.33. The molecule has 5 nitrogen and oxygen atoms in total. The van der Waals surface area contributed by atoms with Crippen LogP contribution in [0.5, 0.6) is 0 Å². The van der Waals surface area contributed by atoms with E-state index in [4.69, 9.17) is 0 Å². The number of carbonyl (C=O) groups is 1. The van der Waals surface area contributed by atoms with Gasteiger partial charge in [-0.05, 0) is 56.2 Å². The number of piperazine rings is 1. The van der Waals surface area contributed by atoms with E-state index in [2.05, 4.69) is 47.5 Å². The van der Waals surface area contributed by atoms with Crippen molar-refractivity contribution in [1.29, 1.82) is 0 Å². The number of anilines is 3. The Morgan fingerprint density at radius 1 is 1.07 bits per heavy atom. The van der Waals surface area contributed by atoms with Gasteiger partial charge in [-0.25, -0.2) is 0 Å². The van der Waals surface area contributed by atoms with Gasteiger partial charge in [0.2, 0.25) is 5.91 Å². The first-order valence-electron chi connectivity index (χ1n) is 10.5. The molecule has 2 N–H and O–H groups in total. The van der Waals surface area contributed by atoms with Crippen molar-refractivity contribution in [2.45, 2.75) is 26.3 Å². The molecule has 1 atom stereocenters. The van der Waals surface area contributed by atoms with E-state index in [1.165, 1.54) is 30.9 Å². The molecule has 1 amide bonds. The third-order valence-electron chi connectivity index (χ3n) is 6.11. The number of hydrogen-bond donors (Lipinski definition) is 2. The van der Waals surface area contributed by atoms with Gasteiger partial charge in [-0.3, -0.25) is 4.79 Å². The summed E-state index contributed by atoms with van der Waals surface area (Å²) < 4.78 is 0. The molecule has 0 aliphatic carbocycles. The maximum Gasteiger partial charge on any atom is 0.249 e. The van der Waals surface area contributed by atoms with Crippen LogP contribution in [-0.2, 0) is 11.2 Å². The zero-order valence-corrected chi connectivity index (χ0v) is 16.9. The monoisotopic (exact) mass is 379 g/mol. The Labute approximate surface area is 167 Å². The molecule has 1 saturated heterocycles. The van der Waals surface area contributed by atoms with E-state index in [9.17, 15) is 4.79 Å². The first-order chi connectivity index (χ1) is 13.7. The highest BCUT2D eigenvalue weighted by Crippen LogP contribution is 2.28. The molecule has 0 aromatic heterocycles. The fourth-order valence-corrected chi connectivity index (χ4v) is 4.32. The molecule has 0 bridgehead atoms. The minimum absolute atomic E-state index is 0.132. The third kappa shape index (κ3) is 3.85. The summed E-state index contributed by atoms with van der Waals surface area (Å²) in [6.07, 6.45) is 0.941. The maximum absolute atomic E-state index is 12.9. The van der Waals surface area contributed by atoms with Crippen molar-refractivity contribution in [2.24, 2.45) is 0 Å². The molecule has 4 rings (SSSR count). The summed E-state index contributed by atoms with van der Waals surface area (Å²) >= 11 is 0. The average Bonchev–Trinajstić information content (AvgIpc) is 3.18. The molecule has 2 aromatic carbocycles. The van der Waals surface area contributed by atoms with Crippen molar-refractivity contribution in [3.8, 4) is 0 Å². The molecular formula is C23H31N4O+. The minimum Gasteiger partial charge on any atom is -0.374 e. The Hall–Kier alpha value is -2.53. The Bertz CT molecular complexity index is 812. The van der Waals surface area contributed by atoms with Gasteiger partial charge in [0.05, 0.1) is 32.7 Å². The highest BCUT2D eigenvalue weighted by molar-refractivity contribution is 6.00. The summed E-state index contributed by atoms with van der Waals surface area (Å²) in [6, 6.07) is 16.5. The predicted molar refractivity (Wildman–Crippen MR) is 115 cm³/mol. The van der Waals surface area contributed by atoms with Gasteiger partial charge in [-0.15, -0.1) is 0 Å². The maximum atomic E-state index is 12.9. The van der Waals surface area contributed by atoms with Gasteiger partial charge in [-0.1, -0.05) is 18.2 Å². The molecular weight excluding hydrogens is 348 g/mol. The Kier molecular flexibility index (Phi) is 5.53. The van der Waals surface area contributed by atoms with Crippen LogP contribution in [0.1, 0.15) is 19.4 Å². The highest BCUT2D eigenvalue weighted by atomic mass is 16.2. The lowest BCUT2D eigenvalue weighted by Crippen LogP contribution is -3.14. The summed E-state index contributed by atoms with van der Waals surface area (Å²) in [5.74, 6) is 0.132. The lowest BCUT2D eigenvalue weighted by molar-refractivity contribution is -0.898. The Morgan fingerprint density at radius 3 is 2.50 bits per heavy atom. The van der Waals surface area contributed by atoms with Crippen LogP contribution in [0, 0.1) is 0 Å². The van der Waals surface area contributed by atoms with Crippen molar-refractivity contribution in [3.05, 3.63) is 54.1 Å². The number of nitrogens with one attached hydrogen (secondary N) is 2. The van der Waals surface area contributed by atoms with Gasteiger partial charge in [-0.2, -0.15) is 0 Å². The molecule has 0 radical (unpaired) electrons. The number of nitrogens with zero attached hydrogens (tertiary/aromatic N) is 2. The summed E-state index contributed by atoms with van der Waals surface area (Å²) in [4.78, 5) is 19.0. The smallest absolute Gasteiger partial charge is 0.249 e. The highest BCUT2D eigenvalue weighted by Gasteiger charge is 2.27. The van der Waals surface area contributed by atoms with E-state index in [-0.39, 0.29) is 11.9 Å². The van der Waals surface area contributed by atoms with Crippen LogP contribution < -0.4 is 20.0 Å². The van der Waals surface area contributed by atoms with Gasteiger partial charge in [0.15, 0.2) is 0 Å². The van der Waals surface area contributed by atoms with Crippen molar-refractivity contribution in [2.75, 3.05) is 54.4 Å². The van der Waals surface area contributed by atoms with Crippen molar-refractivity contribution in [3.63, 3.8) is 0 Å². The van der Waals surface area contributed by atoms with Gasteiger partial charge >= 0.3 is 0 Å². The molecule has 0 unspecified atom stereocenters. The predicted octanol–water partition coefficient (Wildman–Crippen LogP) is 1.80. The number of quaternary nitrogens is 1. The first kappa shape index (κ1) is 18.8. The van der Waals surface area contributed by atoms with E-state index in [0.29, 0.717) is 0 Å². The number of para-hydroxylation sites is 1. The van der Waals surface area contributed by atoms with Crippen LogP contribution in [0.4, 0.5) is 17.1 Å². The van der Waals surface area contributed by atoms with E-state index in [1.807, 2.05) is 30.0 Å². The molecule has 28 heavy (non-hydrogen) atoms. The van der Waals surface area contributed by atoms with Gasteiger partial charge in [0.25, 0.3) is 0 Å². The Morgan fingerprint density at radius 2 is 1.79 bits per heavy atom. The first-order valence-corrected chi connectivity index (χ1v) is 10.5. The number of likely N-dealkylation sites (N-methyl/N-ethyl adjacent to an activating group) is 1. The fourth-order valence-electron chi connectivity index (χ4n) is 4.32. The quantitative estimate of drug-likeness (QED) is 0.832. The summed E-state index contributed by atoms with van der Waals surface area (Å²) in [5, 5.41) is 3.38. The Balaban J connectivity index is 1.36. The van der Waals surface area contributed by atoms with Crippen LogP contribution in [-0.4, -0.2) is 51.2 Å². The summed E-state index contributed by atoms with van der Waals surface area (Å²) in [6.45, 7) is 10.8. The molecule has 5 heteroatoms. The molecule has 2 aliphatic rings. The van der Waals surface area contributed by atoms with E-state index < -0.39 is 0 Å². The summed E-state index contributed by atoms with van der Waals surface area (Å²) in [7, 11) is 0. The van der Waals surface area contributed by atoms with E-state index in [0.717, 1.165) is 37.4 Å². The van der Waals surface area contributed by atoms with Crippen molar-refractivity contribution < 1.29 is 9.69 Å². The lowest BCUT2D eigenvalue weighted by atomic mass is 10.2. The van der Waals surface area contributed by atoms with Crippen LogP contribution in [0.2, 0.25) is 0 Å². The number of rotatable bonds is 5. The molecule has 0 spiro atoms. The molecule has 2 aromatic rings.